The number of Topliss-reactive ketones (excluding diaryl/α,β-unsaturated/α-hetero) is 1. The molecule has 1 rings (SSSR count). The molecule has 0 bridgehead atoms. The number of esters is 1. The smallest absolute Gasteiger partial charge is 0.321 e. The molecule has 26 heavy (non-hydrogen) atoms. The van der Waals surface area contributed by atoms with Crippen LogP contribution in [-0.4, -0.2) is 36.3 Å². The van der Waals surface area contributed by atoms with Crippen molar-refractivity contribution in [2.24, 2.45) is 0 Å². The highest BCUT2D eigenvalue weighted by molar-refractivity contribution is 5.99. The number of urea groups is 1. The summed E-state index contributed by atoms with van der Waals surface area (Å²) in [6.07, 6.45) is 0.600. The highest BCUT2D eigenvalue weighted by Crippen LogP contribution is 2.14. The molecule has 0 fully saturated rings. The van der Waals surface area contributed by atoms with Gasteiger partial charge >= 0.3 is 12.0 Å². The zero-order chi connectivity index (χ0) is 19.7. The molecule has 0 aromatic heterocycles. The Morgan fingerprint density at radius 3 is 2.46 bits per heavy atom. The number of carbonyl (C=O) groups excluding carboxylic acids is 4. The number of aryl methyl sites for hydroxylation is 2. The summed E-state index contributed by atoms with van der Waals surface area (Å²) >= 11 is 0. The monoisotopic (exact) mass is 362 g/mol. The van der Waals surface area contributed by atoms with E-state index in [1.54, 1.807) is 13.0 Å². The third-order valence-corrected chi connectivity index (χ3v) is 3.86. The normalized spacial score (nSPS) is 11.4. The molecule has 0 unspecified atom stereocenters. The van der Waals surface area contributed by atoms with Crippen molar-refractivity contribution in [1.82, 2.24) is 10.6 Å². The Morgan fingerprint density at radius 1 is 1.12 bits per heavy atom. The fourth-order valence-electron chi connectivity index (χ4n) is 2.13. The Morgan fingerprint density at radius 2 is 1.81 bits per heavy atom. The van der Waals surface area contributed by atoms with Gasteiger partial charge in [0.2, 0.25) is 0 Å². The van der Waals surface area contributed by atoms with Crippen molar-refractivity contribution in [2.45, 2.75) is 53.0 Å². The van der Waals surface area contributed by atoms with E-state index in [-0.39, 0.29) is 24.7 Å². The highest BCUT2D eigenvalue weighted by Gasteiger charge is 2.15. The van der Waals surface area contributed by atoms with Gasteiger partial charge in [0.15, 0.2) is 12.4 Å². The number of hydrogen-bond donors (Lipinski definition) is 2. The predicted octanol–water partition coefficient (Wildman–Crippen LogP) is 2.43. The lowest BCUT2D eigenvalue weighted by molar-refractivity contribution is -0.148. The van der Waals surface area contributed by atoms with Gasteiger partial charge in [0.25, 0.3) is 5.91 Å². The first-order valence-corrected chi connectivity index (χ1v) is 8.59. The molecule has 0 aliphatic rings. The molecule has 7 nitrogen and oxygen atoms in total. The molecule has 1 atom stereocenters. The molecule has 0 aliphatic carbocycles. The van der Waals surface area contributed by atoms with Gasteiger partial charge in [-0.2, -0.15) is 0 Å². The van der Waals surface area contributed by atoms with Gasteiger partial charge in [-0.15, -0.1) is 0 Å². The Balaban J connectivity index is 2.36. The van der Waals surface area contributed by atoms with Crippen LogP contribution in [0.5, 0.6) is 0 Å². The van der Waals surface area contributed by atoms with Gasteiger partial charge in [0.1, 0.15) is 0 Å². The summed E-state index contributed by atoms with van der Waals surface area (Å²) in [6, 6.07) is 4.85. The molecule has 3 amide bonds. The maximum absolute atomic E-state index is 12.2. The summed E-state index contributed by atoms with van der Waals surface area (Å²) in [5.74, 6) is -1.54. The van der Waals surface area contributed by atoms with Gasteiger partial charge in [0, 0.05) is 18.0 Å². The largest absolute Gasteiger partial charge is 0.456 e. The van der Waals surface area contributed by atoms with Crippen molar-refractivity contribution in [2.75, 3.05) is 6.61 Å². The van der Waals surface area contributed by atoms with E-state index in [1.165, 1.54) is 0 Å². The Kier molecular flexibility index (Phi) is 8.48. The molecule has 7 heteroatoms. The number of hydrogen-bond acceptors (Lipinski definition) is 5. The molecular formula is C19H26N2O5. The van der Waals surface area contributed by atoms with Crippen LogP contribution in [0.4, 0.5) is 4.79 Å². The third-order valence-electron chi connectivity index (χ3n) is 3.86. The van der Waals surface area contributed by atoms with E-state index in [0.29, 0.717) is 5.56 Å². The molecule has 0 aliphatic heterocycles. The molecule has 0 radical (unpaired) electrons. The number of ether oxygens (including phenoxy) is 1. The minimum absolute atomic E-state index is 0.000747. The van der Waals surface area contributed by atoms with Crippen molar-refractivity contribution in [1.29, 1.82) is 0 Å². The molecule has 0 spiro atoms. The lowest BCUT2D eigenvalue weighted by atomic mass is 9.99. The topological polar surface area (TPSA) is 102 Å². The minimum Gasteiger partial charge on any atom is -0.456 e. The molecule has 1 aromatic rings. The minimum atomic E-state index is -0.722. The first-order chi connectivity index (χ1) is 12.2. The lowest BCUT2D eigenvalue weighted by Crippen LogP contribution is -2.44. The van der Waals surface area contributed by atoms with Crippen molar-refractivity contribution in [3.05, 3.63) is 34.9 Å². The molecule has 142 valence electrons. The predicted molar refractivity (Wildman–Crippen MR) is 96.9 cm³/mol. The van der Waals surface area contributed by atoms with Gasteiger partial charge < -0.3 is 10.1 Å². The average Bonchev–Trinajstić information content (AvgIpc) is 2.59. The van der Waals surface area contributed by atoms with Crippen LogP contribution in [0, 0.1) is 13.8 Å². The van der Waals surface area contributed by atoms with Crippen molar-refractivity contribution in [3.63, 3.8) is 0 Å². The van der Waals surface area contributed by atoms with E-state index in [1.807, 2.05) is 32.9 Å². The molecular weight excluding hydrogens is 336 g/mol. The fourth-order valence-corrected chi connectivity index (χ4v) is 2.13. The van der Waals surface area contributed by atoms with Crippen LogP contribution in [0.2, 0.25) is 0 Å². The molecule has 0 heterocycles. The van der Waals surface area contributed by atoms with Crippen LogP contribution >= 0.6 is 0 Å². The van der Waals surface area contributed by atoms with Crippen molar-refractivity contribution in [3.8, 4) is 0 Å². The van der Waals surface area contributed by atoms with E-state index in [2.05, 4.69) is 10.6 Å². The molecule has 2 N–H and O–H groups in total. The summed E-state index contributed by atoms with van der Waals surface area (Å²) in [5.41, 5.74) is 2.40. The zero-order valence-electron chi connectivity index (χ0n) is 15.7. The number of imide groups is 1. The molecule has 0 saturated carbocycles. The molecule has 0 saturated heterocycles. The van der Waals surface area contributed by atoms with Gasteiger partial charge in [-0.3, -0.25) is 19.7 Å². The first-order valence-electron chi connectivity index (χ1n) is 8.59. The van der Waals surface area contributed by atoms with Crippen molar-refractivity contribution < 1.29 is 23.9 Å². The van der Waals surface area contributed by atoms with E-state index >= 15 is 0 Å². The Hall–Kier alpha value is -2.70. The van der Waals surface area contributed by atoms with Crippen molar-refractivity contribution >= 4 is 23.7 Å². The maximum Gasteiger partial charge on any atom is 0.321 e. The van der Waals surface area contributed by atoms with Gasteiger partial charge in [0.05, 0.1) is 6.42 Å². The van der Waals surface area contributed by atoms with Crippen LogP contribution in [-0.2, 0) is 14.3 Å². The van der Waals surface area contributed by atoms with Gasteiger partial charge in [-0.1, -0.05) is 24.6 Å². The number of benzene rings is 1. The van der Waals surface area contributed by atoms with E-state index in [4.69, 9.17) is 4.74 Å². The van der Waals surface area contributed by atoms with Gasteiger partial charge in [-0.25, -0.2) is 4.79 Å². The Bertz CT molecular complexity index is 685. The standard InChI is InChI=1S/C19H26N2O5/c1-5-14(4)20-19(25)21-17(23)11-26-18(24)9-8-16(22)15-10-12(2)6-7-13(15)3/h6-7,10,14H,5,8-9,11H2,1-4H3,(H2,20,21,23,25)/t14-/m1/s1. The van der Waals surface area contributed by atoms with E-state index in [9.17, 15) is 19.2 Å². The summed E-state index contributed by atoms with van der Waals surface area (Å²) in [4.78, 5) is 46.9. The Labute approximate surface area is 153 Å². The number of carbonyl (C=O) groups is 4. The quantitative estimate of drug-likeness (QED) is 0.546. The van der Waals surface area contributed by atoms with Crippen LogP contribution < -0.4 is 10.6 Å². The maximum atomic E-state index is 12.2. The highest BCUT2D eigenvalue weighted by atomic mass is 16.5. The summed E-state index contributed by atoms with van der Waals surface area (Å²) < 4.78 is 4.79. The first kappa shape index (κ1) is 21.3. The number of rotatable bonds is 8. The SMILES string of the molecule is CC[C@@H](C)NC(=O)NC(=O)COC(=O)CCC(=O)c1cc(C)ccc1C. The van der Waals surface area contributed by atoms with Crippen LogP contribution in [0.1, 0.15) is 54.6 Å². The van der Waals surface area contributed by atoms with E-state index in [0.717, 1.165) is 17.5 Å². The summed E-state index contributed by atoms with van der Waals surface area (Å²) in [7, 11) is 0. The second kappa shape index (κ2) is 10.3. The zero-order valence-corrected chi connectivity index (χ0v) is 15.7. The van der Waals surface area contributed by atoms with E-state index < -0.39 is 24.5 Å². The second-order valence-corrected chi connectivity index (χ2v) is 6.23. The van der Waals surface area contributed by atoms with Crippen LogP contribution in [0.3, 0.4) is 0 Å². The number of ketones is 1. The fraction of sp³-hybridized carbons (Fsp3) is 0.474. The number of nitrogens with one attached hydrogen (secondary N) is 2. The molecule has 1 aromatic carbocycles. The van der Waals surface area contributed by atoms with Crippen LogP contribution in [0.25, 0.3) is 0 Å². The van der Waals surface area contributed by atoms with Crippen LogP contribution in [0.15, 0.2) is 18.2 Å². The summed E-state index contributed by atoms with van der Waals surface area (Å²) in [6.45, 7) is 6.86. The second-order valence-electron chi connectivity index (χ2n) is 6.23. The van der Waals surface area contributed by atoms with Gasteiger partial charge in [-0.05, 0) is 38.8 Å². The third kappa shape index (κ3) is 7.46. The lowest BCUT2D eigenvalue weighted by Gasteiger charge is -2.11. The average molecular weight is 362 g/mol. The number of amides is 3. The summed E-state index contributed by atoms with van der Waals surface area (Å²) in [5, 5.41) is 4.63.